The Labute approximate surface area is 123 Å². The van der Waals surface area contributed by atoms with Gasteiger partial charge >= 0.3 is 5.97 Å². The van der Waals surface area contributed by atoms with E-state index in [1.807, 2.05) is 0 Å². The van der Waals surface area contributed by atoms with E-state index >= 15 is 0 Å². The first-order valence-electron chi connectivity index (χ1n) is 6.19. The van der Waals surface area contributed by atoms with E-state index in [1.54, 1.807) is 13.8 Å². The van der Waals surface area contributed by atoms with Crippen LogP contribution < -0.4 is 10.5 Å². The van der Waals surface area contributed by atoms with Gasteiger partial charge in [0.05, 0.1) is 4.90 Å². The van der Waals surface area contributed by atoms with Crippen LogP contribution in [-0.2, 0) is 14.8 Å². The molecule has 7 nitrogen and oxygen atoms in total. The van der Waals surface area contributed by atoms with Gasteiger partial charge in [-0.1, -0.05) is 6.07 Å². The summed E-state index contributed by atoms with van der Waals surface area (Å²) in [4.78, 5) is 21.6. The van der Waals surface area contributed by atoms with Crippen molar-refractivity contribution < 1.29 is 23.1 Å². The molecule has 116 valence electrons. The number of amides is 1. The fraction of sp³-hybridized carbons (Fsp3) is 0.385. The van der Waals surface area contributed by atoms with Crippen LogP contribution >= 0.6 is 0 Å². The predicted molar refractivity (Wildman–Crippen MR) is 76.2 cm³/mol. The molecule has 1 aromatic carbocycles. The molecule has 0 spiro atoms. The number of rotatable bonds is 7. The van der Waals surface area contributed by atoms with Crippen LogP contribution in [0.3, 0.4) is 0 Å². The molecule has 4 N–H and O–H groups in total. The molecule has 0 aliphatic carbocycles. The van der Waals surface area contributed by atoms with Crippen LogP contribution in [0.5, 0.6) is 0 Å². The van der Waals surface area contributed by atoms with Crippen LogP contribution in [-0.4, -0.2) is 30.9 Å². The zero-order valence-corrected chi connectivity index (χ0v) is 12.6. The van der Waals surface area contributed by atoms with Gasteiger partial charge in [0.15, 0.2) is 0 Å². The number of carbonyl (C=O) groups is 2. The minimum absolute atomic E-state index is 0.0845. The van der Waals surface area contributed by atoms with Gasteiger partial charge in [-0.05, 0) is 38.5 Å². The molecule has 0 bridgehead atoms. The third-order valence-electron chi connectivity index (χ3n) is 2.80. The highest BCUT2D eigenvalue weighted by Gasteiger charge is 2.27. The molecule has 0 fully saturated rings. The van der Waals surface area contributed by atoms with Gasteiger partial charge in [-0.2, -0.15) is 0 Å². The second-order valence-electron chi connectivity index (χ2n) is 5.28. The topological polar surface area (TPSA) is 127 Å². The predicted octanol–water partition coefficient (Wildman–Crippen LogP) is 0.707. The van der Waals surface area contributed by atoms with E-state index in [9.17, 15) is 18.0 Å². The summed E-state index contributed by atoms with van der Waals surface area (Å²) >= 11 is 0. The summed E-state index contributed by atoms with van der Waals surface area (Å²) in [6.07, 6.45) is -0.0199. The lowest BCUT2D eigenvalue weighted by Crippen LogP contribution is -2.43. The SMILES string of the molecule is CC(C)(CCC(=O)O)NS(=O)(=O)c1cccc(C(N)=O)c1. The normalized spacial score (nSPS) is 12.1. The van der Waals surface area contributed by atoms with Gasteiger partial charge in [-0.3, -0.25) is 9.59 Å². The first kappa shape index (κ1) is 17.1. The number of hydrogen-bond acceptors (Lipinski definition) is 4. The molecule has 1 amide bonds. The number of aliphatic carboxylic acids is 1. The van der Waals surface area contributed by atoms with E-state index in [0.29, 0.717) is 0 Å². The molecule has 0 aromatic heterocycles. The first-order valence-corrected chi connectivity index (χ1v) is 7.67. The summed E-state index contributed by atoms with van der Waals surface area (Å²) in [7, 11) is -3.87. The summed E-state index contributed by atoms with van der Waals surface area (Å²) in [5.74, 6) is -1.73. The average Bonchev–Trinajstić information content (AvgIpc) is 2.35. The molecule has 0 aliphatic heterocycles. The number of nitrogens with two attached hydrogens (primary N) is 1. The maximum Gasteiger partial charge on any atom is 0.303 e. The Morgan fingerprint density at radius 3 is 2.48 bits per heavy atom. The third kappa shape index (κ3) is 5.16. The minimum atomic E-state index is -3.87. The molecule has 0 radical (unpaired) electrons. The molecule has 1 aromatic rings. The van der Waals surface area contributed by atoms with E-state index in [-0.39, 0.29) is 23.3 Å². The number of carbonyl (C=O) groups excluding carboxylic acids is 1. The summed E-state index contributed by atoms with van der Waals surface area (Å²) in [6.45, 7) is 3.18. The molecule has 1 rings (SSSR count). The molecule has 0 saturated carbocycles. The smallest absolute Gasteiger partial charge is 0.303 e. The van der Waals surface area contributed by atoms with Crippen molar-refractivity contribution in [3.63, 3.8) is 0 Å². The molecular weight excluding hydrogens is 296 g/mol. The Morgan fingerprint density at radius 1 is 1.33 bits per heavy atom. The number of nitrogens with one attached hydrogen (secondary N) is 1. The highest BCUT2D eigenvalue weighted by molar-refractivity contribution is 7.89. The van der Waals surface area contributed by atoms with Crippen molar-refractivity contribution >= 4 is 21.9 Å². The maximum atomic E-state index is 12.3. The second-order valence-corrected chi connectivity index (χ2v) is 6.96. The molecular formula is C13H18N2O5S. The van der Waals surface area contributed by atoms with Crippen molar-refractivity contribution in [1.29, 1.82) is 0 Å². The summed E-state index contributed by atoms with van der Waals surface area (Å²) in [5.41, 5.74) is 4.27. The Bertz CT molecular complexity index is 652. The third-order valence-corrected chi connectivity index (χ3v) is 4.50. The zero-order valence-electron chi connectivity index (χ0n) is 11.8. The van der Waals surface area contributed by atoms with Crippen molar-refractivity contribution in [2.45, 2.75) is 37.1 Å². The minimum Gasteiger partial charge on any atom is -0.481 e. The first-order chi connectivity index (χ1) is 9.53. The fourth-order valence-electron chi connectivity index (χ4n) is 1.71. The van der Waals surface area contributed by atoms with Crippen LogP contribution in [0.4, 0.5) is 0 Å². The molecule has 0 aliphatic rings. The van der Waals surface area contributed by atoms with Crippen molar-refractivity contribution in [3.05, 3.63) is 29.8 Å². The molecule has 0 saturated heterocycles. The van der Waals surface area contributed by atoms with E-state index in [2.05, 4.69) is 4.72 Å². The van der Waals surface area contributed by atoms with Crippen LogP contribution in [0.2, 0.25) is 0 Å². The van der Waals surface area contributed by atoms with Gasteiger partial charge < -0.3 is 10.8 Å². The lowest BCUT2D eigenvalue weighted by Gasteiger charge is -2.25. The van der Waals surface area contributed by atoms with E-state index in [4.69, 9.17) is 10.8 Å². The van der Waals surface area contributed by atoms with Gasteiger partial charge in [0, 0.05) is 17.5 Å². The summed E-state index contributed by atoms with van der Waals surface area (Å²) < 4.78 is 26.9. The lowest BCUT2D eigenvalue weighted by atomic mass is 10.0. The number of primary amides is 1. The lowest BCUT2D eigenvalue weighted by molar-refractivity contribution is -0.137. The molecule has 0 heterocycles. The van der Waals surface area contributed by atoms with Gasteiger partial charge in [-0.15, -0.1) is 0 Å². The second kappa shape index (κ2) is 6.23. The summed E-state index contributed by atoms with van der Waals surface area (Å²) in [6, 6.07) is 5.34. The molecule has 8 heteroatoms. The van der Waals surface area contributed by atoms with Crippen LogP contribution in [0.25, 0.3) is 0 Å². The van der Waals surface area contributed by atoms with Gasteiger partial charge in [0.1, 0.15) is 0 Å². The fourth-order valence-corrected chi connectivity index (χ4v) is 3.20. The van der Waals surface area contributed by atoms with Gasteiger partial charge in [-0.25, -0.2) is 13.1 Å². The Hall–Kier alpha value is -1.93. The molecule has 21 heavy (non-hydrogen) atoms. The van der Waals surface area contributed by atoms with E-state index < -0.39 is 27.4 Å². The Kier molecular flexibility index (Phi) is 5.08. The Morgan fingerprint density at radius 2 is 1.95 bits per heavy atom. The number of benzene rings is 1. The van der Waals surface area contributed by atoms with E-state index in [1.165, 1.54) is 24.3 Å². The quantitative estimate of drug-likeness (QED) is 0.683. The molecule has 0 atom stereocenters. The van der Waals surface area contributed by atoms with Crippen molar-refractivity contribution in [3.8, 4) is 0 Å². The van der Waals surface area contributed by atoms with Crippen LogP contribution in [0.1, 0.15) is 37.0 Å². The van der Waals surface area contributed by atoms with Crippen LogP contribution in [0.15, 0.2) is 29.2 Å². The highest BCUT2D eigenvalue weighted by Crippen LogP contribution is 2.18. The van der Waals surface area contributed by atoms with E-state index in [0.717, 1.165) is 0 Å². The largest absolute Gasteiger partial charge is 0.481 e. The Balaban J connectivity index is 2.98. The number of carboxylic acids is 1. The average molecular weight is 314 g/mol. The van der Waals surface area contributed by atoms with Crippen LogP contribution in [0, 0.1) is 0 Å². The van der Waals surface area contributed by atoms with Crippen molar-refractivity contribution in [2.75, 3.05) is 0 Å². The number of hydrogen-bond donors (Lipinski definition) is 3. The highest BCUT2D eigenvalue weighted by atomic mass is 32.2. The standard InChI is InChI=1S/C13H18N2O5S/c1-13(2,7-6-11(16)17)15-21(19,20)10-5-3-4-9(8-10)12(14)18/h3-5,8,15H,6-7H2,1-2H3,(H2,14,18)(H,16,17). The zero-order chi connectivity index (χ0) is 16.3. The van der Waals surface area contributed by atoms with Crippen molar-refractivity contribution in [2.24, 2.45) is 5.73 Å². The molecule has 0 unspecified atom stereocenters. The van der Waals surface area contributed by atoms with Gasteiger partial charge in [0.25, 0.3) is 0 Å². The van der Waals surface area contributed by atoms with Crippen molar-refractivity contribution in [1.82, 2.24) is 4.72 Å². The van der Waals surface area contributed by atoms with Gasteiger partial charge in [0.2, 0.25) is 15.9 Å². The number of carboxylic acid groups (broad SMARTS) is 1. The summed E-state index contributed by atoms with van der Waals surface area (Å²) in [5, 5.41) is 8.66. The monoisotopic (exact) mass is 314 g/mol. The maximum absolute atomic E-state index is 12.3. The number of sulfonamides is 1.